The fraction of sp³-hybridized carbons (Fsp3) is 0.316. The predicted molar refractivity (Wildman–Crippen MR) is 102 cm³/mol. The summed E-state index contributed by atoms with van der Waals surface area (Å²) >= 11 is 7.30. The van der Waals surface area contributed by atoms with Crippen LogP contribution in [0.1, 0.15) is 39.3 Å². The highest BCUT2D eigenvalue weighted by atomic mass is 32.1. The Morgan fingerprint density at radius 1 is 1.23 bits per heavy atom. The van der Waals surface area contributed by atoms with Crippen LogP contribution in [0, 0.1) is 3.95 Å². The van der Waals surface area contributed by atoms with Gasteiger partial charge < -0.3 is 4.57 Å². The molecule has 116 valence electrons. The molecular formula is C19H23NS2. The van der Waals surface area contributed by atoms with Crippen molar-refractivity contribution in [1.82, 2.24) is 4.57 Å². The van der Waals surface area contributed by atoms with Gasteiger partial charge in [-0.3, -0.25) is 0 Å². The highest BCUT2D eigenvalue weighted by Crippen LogP contribution is 2.35. The third-order valence-electron chi connectivity index (χ3n) is 3.58. The molecule has 0 unspecified atom stereocenters. The van der Waals surface area contributed by atoms with E-state index in [1.807, 2.05) is 0 Å². The van der Waals surface area contributed by atoms with Gasteiger partial charge in [-0.15, -0.1) is 11.3 Å². The lowest BCUT2D eigenvalue weighted by Crippen LogP contribution is -2.00. The Bertz CT molecular complexity index is 718. The van der Waals surface area contributed by atoms with Gasteiger partial charge in [-0.2, -0.15) is 0 Å². The van der Waals surface area contributed by atoms with E-state index >= 15 is 0 Å². The molecule has 0 radical (unpaired) electrons. The number of hydrogen-bond donors (Lipinski definition) is 0. The monoisotopic (exact) mass is 329 g/mol. The number of benzene rings is 1. The van der Waals surface area contributed by atoms with Gasteiger partial charge >= 0.3 is 0 Å². The molecule has 0 saturated carbocycles. The second-order valence-electron chi connectivity index (χ2n) is 5.09. The lowest BCUT2D eigenvalue weighted by atomic mass is 10.1. The zero-order valence-electron chi connectivity index (χ0n) is 13.5. The molecule has 0 aliphatic heterocycles. The highest BCUT2D eigenvalue weighted by molar-refractivity contribution is 7.73. The van der Waals surface area contributed by atoms with Crippen molar-refractivity contribution in [2.75, 3.05) is 0 Å². The number of allylic oxidation sites excluding steroid dienone is 4. The molecule has 0 fully saturated rings. The normalized spacial score (nSPS) is 12.2. The van der Waals surface area contributed by atoms with Crippen molar-refractivity contribution < 1.29 is 0 Å². The Morgan fingerprint density at radius 3 is 2.55 bits per heavy atom. The molecule has 1 aromatic carbocycles. The maximum atomic E-state index is 5.59. The van der Waals surface area contributed by atoms with Crippen molar-refractivity contribution in [1.29, 1.82) is 0 Å². The van der Waals surface area contributed by atoms with Crippen LogP contribution in [-0.2, 0) is 6.54 Å². The van der Waals surface area contributed by atoms with Crippen LogP contribution in [0.2, 0.25) is 0 Å². The first kappa shape index (κ1) is 16.9. The first-order valence-electron chi connectivity index (χ1n) is 7.85. The number of rotatable bonds is 6. The summed E-state index contributed by atoms with van der Waals surface area (Å²) in [7, 11) is 0. The summed E-state index contributed by atoms with van der Waals surface area (Å²) in [5.41, 5.74) is 3.74. The fourth-order valence-electron chi connectivity index (χ4n) is 2.45. The van der Waals surface area contributed by atoms with Crippen molar-refractivity contribution in [3.05, 3.63) is 58.2 Å². The quantitative estimate of drug-likeness (QED) is 0.420. The SMILES string of the molecule is C/C=C(\C=C/CCC)c1c(-c2ccccc2)sc(=S)n1CC. The molecule has 1 aromatic heterocycles. The van der Waals surface area contributed by atoms with Gasteiger partial charge in [0.05, 0.1) is 10.6 Å². The van der Waals surface area contributed by atoms with Crippen molar-refractivity contribution in [3.63, 3.8) is 0 Å². The van der Waals surface area contributed by atoms with Crippen LogP contribution in [0.4, 0.5) is 0 Å². The van der Waals surface area contributed by atoms with Gasteiger partial charge in [-0.1, -0.05) is 61.9 Å². The largest absolute Gasteiger partial charge is 0.323 e. The van der Waals surface area contributed by atoms with Gasteiger partial charge in [0.15, 0.2) is 3.95 Å². The summed E-state index contributed by atoms with van der Waals surface area (Å²) in [6, 6.07) is 10.5. The van der Waals surface area contributed by atoms with Gasteiger partial charge in [0.25, 0.3) is 0 Å². The number of nitrogens with zero attached hydrogens (tertiary/aromatic N) is 1. The van der Waals surface area contributed by atoms with E-state index in [9.17, 15) is 0 Å². The van der Waals surface area contributed by atoms with E-state index in [1.165, 1.54) is 28.1 Å². The average molecular weight is 330 g/mol. The molecule has 2 rings (SSSR count). The maximum absolute atomic E-state index is 5.59. The first-order chi connectivity index (χ1) is 10.7. The number of unbranched alkanes of at least 4 members (excludes halogenated alkanes) is 1. The number of hydrogen-bond acceptors (Lipinski definition) is 2. The highest BCUT2D eigenvalue weighted by Gasteiger charge is 2.15. The molecular weight excluding hydrogens is 306 g/mol. The van der Waals surface area contributed by atoms with Gasteiger partial charge in [0.2, 0.25) is 0 Å². The Morgan fingerprint density at radius 2 is 1.95 bits per heavy atom. The van der Waals surface area contributed by atoms with Crippen molar-refractivity contribution in [2.45, 2.75) is 40.2 Å². The first-order valence-corrected chi connectivity index (χ1v) is 9.07. The molecule has 0 bridgehead atoms. The van der Waals surface area contributed by atoms with Crippen LogP contribution in [0.5, 0.6) is 0 Å². The van der Waals surface area contributed by atoms with Gasteiger partial charge in [0.1, 0.15) is 0 Å². The third-order valence-corrected chi connectivity index (χ3v) is 5.08. The summed E-state index contributed by atoms with van der Waals surface area (Å²) in [6.45, 7) is 7.36. The molecule has 0 saturated heterocycles. The van der Waals surface area contributed by atoms with E-state index in [-0.39, 0.29) is 0 Å². The Hall–Kier alpha value is -1.45. The van der Waals surface area contributed by atoms with Gasteiger partial charge in [0, 0.05) is 6.54 Å². The molecule has 0 N–H and O–H groups in total. The number of thiazole rings is 1. The van der Waals surface area contributed by atoms with Gasteiger partial charge in [-0.25, -0.2) is 0 Å². The van der Waals surface area contributed by atoms with E-state index in [0.29, 0.717) is 0 Å². The zero-order chi connectivity index (χ0) is 15.9. The van der Waals surface area contributed by atoms with E-state index in [1.54, 1.807) is 11.3 Å². The molecule has 1 nitrogen and oxygen atoms in total. The molecule has 0 amide bonds. The van der Waals surface area contributed by atoms with Crippen molar-refractivity contribution in [3.8, 4) is 10.4 Å². The molecule has 0 spiro atoms. The molecule has 0 aliphatic carbocycles. The number of aromatic nitrogens is 1. The maximum Gasteiger partial charge on any atom is 0.162 e. The standard InChI is InChI=1S/C19H23NS2/c1-4-7-9-12-15(5-2)17-18(16-13-10-8-11-14-16)22-19(21)20(17)6-3/h5,8-14H,4,6-7H2,1-3H3/b12-9-,15-5+. The minimum atomic E-state index is 0.899. The lowest BCUT2D eigenvalue weighted by molar-refractivity contribution is 0.754. The zero-order valence-corrected chi connectivity index (χ0v) is 15.1. The molecule has 22 heavy (non-hydrogen) atoms. The van der Waals surface area contributed by atoms with Crippen LogP contribution in [0.3, 0.4) is 0 Å². The summed E-state index contributed by atoms with van der Waals surface area (Å²) in [5.74, 6) is 0. The van der Waals surface area contributed by atoms with Crippen LogP contribution >= 0.6 is 23.6 Å². The summed E-state index contributed by atoms with van der Waals surface area (Å²) in [4.78, 5) is 1.27. The van der Waals surface area contributed by atoms with Crippen LogP contribution in [-0.4, -0.2) is 4.57 Å². The van der Waals surface area contributed by atoms with E-state index in [2.05, 4.69) is 73.9 Å². The Balaban J connectivity index is 2.60. The predicted octanol–water partition coefficient (Wildman–Crippen LogP) is 6.73. The lowest BCUT2D eigenvalue weighted by Gasteiger charge is -2.10. The topological polar surface area (TPSA) is 4.93 Å². The van der Waals surface area contributed by atoms with E-state index < -0.39 is 0 Å². The smallest absolute Gasteiger partial charge is 0.162 e. The average Bonchev–Trinajstić information content (AvgIpc) is 2.89. The minimum Gasteiger partial charge on any atom is -0.323 e. The molecule has 2 aromatic rings. The third kappa shape index (κ3) is 3.65. The van der Waals surface area contributed by atoms with Crippen LogP contribution in [0.15, 0.2) is 48.6 Å². The van der Waals surface area contributed by atoms with Crippen molar-refractivity contribution in [2.24, 2.45) is 0 Å². The summed E-state index contributed by atoms with van der Waals surface area (Å²) < 4.78 is 3.19. The Labute approximate surface area is 142 Å². The Kier molecular flexibility index (Phi) is 6.34. The second kappa shape index (κ2) is 8.25. The summed E-state index contributed by atoms with van der Waals surface area (Å²) in [6.07, 6.45) is 8.95. The fourth-order valence-corrected chi connectivity index (χ4v) is 4.01. The van der Waals surface area contributed by atoms with Crippen molar-refractivity contribution >= 4 is 29.1 Å². The second-order valence-corrected chi connectivity index (χ2v) is 6.74. The summed E-state index contributed by atoms with van der Waals surface area (Å²) in [5, 5.41) is 0. The molecule has 0 atom stereocenters. The van der Waals surface area contributed by atoms with E-state index in [4.69, 9.17) is 12.2 Å². The molecule has 3 heteroatoms. The van der Waals surface area contributed by atoms with Crippen LogP contribution in [0.25, 0.3) is 16.0 Å². The van der Waals surface area contributed by atoms with Crippen LogP contribution < -0.4 is 0 Å². The molecule has 0 aliphatic rings. The van der Waals surface area contributed by atoms with Gasteiger partial charge in [-0.05, 0) is 43.6 Å². The minimum absolute atomic E-state index is 0.899. The van der Waals surface area contributed by atoms with E-state index in [0.717, 1.165) is 16.9 Å². The molecule has 1 heterocycles.